The Hall–Kier alpha value is -1.49. The smallest absolute Gasteiger partial charge is 0.305 e. The lowest BCUT2D eigenvalue weighted by atomic mass is 10.1. The first-order chi connectivity index (χ1) is 9.18. The minimum Gasteiger partial charge on any atom is -0.310 e. The molecule has 0 aromatic heterocycles. The molecule has 0 atom stereocenters. The minimum atomic E-state index is -0.714. The Labute approximate surface area is 112 Å². The van der Waals surface area contributed by atoms with Gasteiger partial charge in [-0.25, -0.2) is 0 Å². The van der Waals surface area contributed by atoms with Crippen molar-refractivity contribution < 1.29 is 9.31 Å². The number of halogens is 1. The fraction of sp³-hybridized carbons (Fsp3) is 0.571. The van der Waals surface area contributed by atoms with Gasteiger partial charge in [-0.3, -0.25) is 10.1 Å². The van der Waals surface area contributed by atoms with Gasteiger partial charge >= 0.3 is 5.69 Å². The SMILES string of the molecule is O=[N+]([O-])c1cccc(CNC2CCCCCC2)c1F. The van der Waals surface area contributed by atoms with E-state index >= 15 is 0 Å². The number of benzene rings is 1. The summed E-state index contributed by atoms with van der Waals surface area (Å²) < 4.78 is 13.9. The van der Waals surface area contributed by atoms with Gasteiger partial charge in [-0.2, -0.15) is 4.39 Å². The Morgan fingerprint density at radius 2 is 1.95 bits per heavy atom. The van der Waals surface area contributed by atoms with E-state index in [9.17, 15) is 14.5 Å². The molecule has 4 nitrogen and oxygen atoms in total. The monoisotopic (exact) mass is 266 g/mol. The van der Waals surface area contributed by atoms with Crippen LogP contribution in [-0.4, -0.2) is 11.0 Å². The van der Waals surface area contributed by atoms with Crippen LogP contribution in [-0.2, 0) is 6.54 Å². The number of hydrogen-bond donors (Lipinski definition) is 1. The second kappa shape index (κ2) is 6.61. The summed E-state index contributed by atoms with van der Waals surface area (Å²) in [5.41, 5.74) is -0.0707. The summed E-state index contributed by atoms with van der Waals surface area (Å²) in [5, 5.41) is 14.0. The summed E-state index contributed by atoms with van der Waals surface area (Å²) in [6, 6.07) is 4.74. The van der Waals surface area contributed by atoms with Crippen LogP contribution < -0.4 is 5.32 Å². The summed E-state index contributed by atoms with van der Waals surface area (Å²) in [5.74, 6) is -0.714. The van der Waals surface area contributed by atoms with E-state index in [1.54, 1.807) is 6.07 Å². The molecule has 0 aliphatic heterocycles. The number of nitro benzene ring substituents is 1. The minimum absolute atomic E-state index is 0.359. The first-order valence-electron chi connectivity index (χ1n) is 6.83. The van der Waals surface area contributed by atoms with Crippen molar-refractivity contribution in [2.24, 2.45) is 0 Å². The number of nitro groups is 1. The van der Waals surface area contributed by atoms with E-state index in [0.29, 0.717) is 18.2 Å². The van der Waals surface area contributed by atoms with E-state index < -0.39 is 16.4 Å². The molecule has 104 valence electrons. The van der Waals surface area contributed by atoms with Crippen molar-refractivity contribution in [3.63, 3.8) is 0 Å². The molecule has 2 rings (SSSR count). The highest BCUT2D eigenvalue weighted by molar-refractivity contribution is 5.36. The predicted molar refractivity (Wildman–Crippen MR) is 71.4 cm³/mol. The van der Waals surface area contributed by atoms with Gasteiger partial charge in [-0.1, -0.05) is 37.8 Å². The Morgan fingerprint density at radius 3 is 2.58 bits per heavy atom. The molecule has 1 aliphatic rings. The molecule has 1 aromatic carbocycles. The highest BCUT2D eigenvalue weighted by Gasteiger charge is 2.18. The molecule has 1 saturated carbocycles. The van der Waals surface area contributed by atoms with Gasteiger partial charge in [0.1, 0.15) is 0 Å². The Kier molecular flexibility index (Phi) is 4.85. The summed E-state index contributed by atoms with van der Waals surface area (Å²) in [4.78, 5) is 9.99. The predicted octanol–water partition coefficient (Wildman–Crippen LogP) is 3.55. The van der Waals surface area contributed by atoms with Crippen LogP contribution in [0, 0.1) is 15.9 Å². The highest BCUT2D eigenvalue weighted by atomic mass is 19.1. The molecule has 1 aromatic rings. The van der Waals surface area contributed by atoms with Crippen LogP contribution >= 0.6 is 0 Å². The molecule has 0 bridgehead atoms. The topological polar surface area (TPSA) is 55.2 Å². The van der Waals surface area contributed by atoms with E-state index in [2.05, 4.69) is 5.32 Å². The Balaban J connectivity index is 1.99. The first-order valence-corrected chi connectivity index (χ1v) is 6.83. The highest BCUT2D eigenvalue weighted by Crippen LogP contribution is 2.21. The summed E-state index contributed by atoms with van der Waals surface area (Å²) in [7, 11) is 0. The van der Waals surface area contributed by atoms with E-state index in [1.165, 1.54) is 37.8 Å². The molecular formula is C14H19FN2O2. The molecular weight excluding hydrogens is 247 g/mol. The van der Waals surface area contributed by atoms with Crippen LogP contribution in [0.25, 0.3) is 0 Å². The third kappa shape index (κ3) is 3.73. The first kappa shape index (κ1) is 13.9. The van der Waals surface area contributed by atoms with E-state index in [1.807, 2.05) is 0 Å². The van der Waals surface area contributed by atoms with E-state index in [0.717, 1.165) is 12.8 Å². The molecule has 1 N–H and O–H groups in total. The van der Waals surface area contributed by atoms with Crippen LogP contribution in [0.5, 0.6) is 0 Å². The van der Waals surface area contributed by atoms with Crippen molar-refractivity contribution in [3.05, 3.63) is 39.7 Å². The lowest BCUT2D eigenvalue weighted by Gasteiger charge is -2.16. The van der Waals surface area contributed by atoms with Crippen molar-refractivity contribution in [2.75, 3.05) is 0 Å². The number of rotatable bonds is 4. The lowest BCUT2D eigenvalue weighted by molar-refractivity contribution is -0.387. The van der Waals surface area contributed by atoms with Crippen LogP contribution in [0.2, 0.25) is 0 Å². The molecule has 0 saturated heterocycles. The molecule has 19 heavy (non-hydrogen) atoms. The third-order valence-electron chi connectivity index (χ3n) is 3.69. The zero-order valence-corrected chi connectivity index (χ0v) is 10.9. The number of hydrogen-bond acceptors (Lipinski definition) is 3. The maximum Gasteiger partial charge on any atom is 0.305 e. The van der Waals surface area contributed by atoms with E-state index in [4.69, 9.17) is 0 Å². The lowest BCUT2D eigenvalue weighted by Crippen LogP contribution is -2.28. The van der Waals surface area contributed by atoms with Gasteiger partial charge in [0.05, 0.1) is 4.92 Å². The fourth-order valence-electron chi connectivity index (χ4n) is 2.58. The average Bonchev–Trinajstić information content (AvgIpc) is 2.66. The summed E-state index contributed by atoms with van der Waals surface area (Å²) >= 11 is 0. The van der Waals surface area contributed by atoms with Gasteiger partial charge in [0.25, 0.3) is 0 Å². The van der Waals surface area contributed by atoms with E-state index in [-0.39, 0.29) is 0 Å². The number of nitrogens with one attached hydrogen (secondary N) is 1. The van der Waals surface area contributed by atoms with Crippen LogP contribution in [0.15, 0.2) is 18.2 Å². The molecule has 5 heteroatoms. The molecule has 1 fully saturated rings. The molecule has 0 amide bonds. The molecule has 0 heterocycles. The summed E-state index contributed by atoms with van der Waals surface area (Å²) in [6.45, 7) is 0.359. The van der Waals surface area contributed by atoms with Crippen molar-refractivity contribution in [1.82, 2.24) is 5.32 Å². The standard InChI is InChI=1S/C14H19FN2O2/c15-14-11(6-5-9-13(14)17(18)19)10-16-12-7-3-1-2-4-8-12/h5-6,9,12,16H,1-4,7-8,10H2. The maximum atomic E-state index is 13.9. The van der Waals surface area contributed by atoms with Gasteiger partial charge in [-0.15, -0.1) is 0 Å². The van der Waals surface area contributed by atoms with Gasteiger partial charge < -0.3 is 5.32 Å². The van der Waals surface area contributed by atoms with Gasteiger partial charge in [-0.05, 0) is 12.8 Å². The van der Waals surface area contributed by atoms with Crippen molar-refractivity contribution in [1.29, 1.82) is 0 Å². The second-order valence-electron chi connectivity index (χ2n) is 5.08. The fourth-order valence-corrected chi connectivity index (χ4v) is 2.58. The quantitative estimate of drug-likeness (QED) is 0.515. The van der Waals surface area contributed by atoms with Crippen LogP contribution in [0.3, 0.4) is 0 Å². The summed E-state index contributed by atoms with van der Waals surface area (Å²) in [6.07, 6.45) is 7.16. The third-order valence-corrected chi connectivity index (χ3v) is 3.69. The maximum absolute atomic E-state index is 13.9. The van der Waals surface area contributed by atoms with Gasteiger partial charge in [0.2, 0.25) is 5.82 Å². The van der Waals surface area contributed by atoms with Gasteiger partial charge in [0.15, 0.2) is 0 Å². The van der Waals surface area contributed by atoms with Crippen LogP contribution in [0.4, 0.5) is 10.1 Å². The second-order valence-corrected chi connectivity index (χ2v) is 5.08. The van der Waals surface area contributed by atoms with Crippen molar-refractivity contribution in [3.8, 4) is 0 Å². The van der Waals surface area contributed by atoms with Crippen molar-refractivity contribution >= 4 is 5.69 Å². The van der Waals surface area contributed by atoms with Crippen molar-refractivity contribution in [2.45, 2.75) is 51.1 Å². The normalized spacial score (nSPS) is 17.1. The number of nitrogens with zero attached hydrogens (tertiary/aromatic N) is 1. The molecule has 0 spiro atoms. The molecule has 0 unspecified atom stereocenters. The zero-order valence-electron chi connectivity index (χ0n) is 10.9. The molecule has 0 radical (unpaired) electrons. The molecule has 1 aliphatic carbocycles. The average molecular weight is 266 g/mol. The Bertz CT molecular complexity index is 443. The van der Waals surface area contributed by atoms with Crippen LogP contribution in [0.1, 0.15) is 44.1 Å². The Morgan fingerprint density at radius 1 is 1.26 bits per heavy atom. The largest absolute Gasteiger partial charge is 0.310 e. The van der Waals surface area contributed by atoms with Gasteiger partial charge in [0, 0.05) is 24.2 Å². The zero-order chi connectivity index (χ0) is 13.7.